The summed E-state index contributed by atoms with van der Waals surface area (Å²) >= 11 is 0. The van der Waals surface area contributed by atoms with Gasteiger partial charge in [0.2, 0.25) is 5.91 Å². The Balaban J connectivity index is 1.86. The van der Waals surface area contributed by atoms with E-state index in [4.69, 9.17) is 4.74 Å². The first kappa shape index (κ1) is 13.8. The Hall–Kier alpha value is -1.66. The van der Waals surface area contributed by atoms with Gasteiger partial charge in [0.1, 0.15) is 6.73 Å². The summed E-state index contributed by atoms with van der Waals surface area (Å²) < 4.78 is 6.95. The third-order valence-corrected chi connectivity index (χ3v) is 3.30. The molecule has 1 saturated heterocycles. The van der Waals surface area contributed by atoms with Crippen molar-refractivity contribution in [1.82, 2.24) is 19.6 Å². The minimum absolute atomic E-state index is 0.0177. The predicted molar refractivity (Wildman–Crippen MR) is 71.3 cm³/mol. The molecular formula is C13H20N4O2. The first-order valence-corrected chi connectivity index (χ1v) is 6.38. The second-order valence-electron chi connectivity index (χ2n) is 4.55. The lowest BCUT2D eigenvalue weighted by atomic mass is 10.3. The smallest absolute Gasteiger partial charge is 0.246 e. The van der Waals surface area contributed by atoms with Gasteiger partial charge < -0.3 is 9.64 Å². The molecule has 0 atom stereocenters. The molecule has 0 aliphatic carbocycles. The minimum Gasteiger partial charge on any atom is -0.362 e. The van der Waals surface area contributed by atoms with Crippen LogP contribution in [0.25, 0.3) is 0 Å². The van der Waals surface area contributed by atoms with Crippen molar-refractivity contribution in [3.05, 3.63) is 30.6 Å². The highest BCUT2D eigenvalue weighted by Gasteiger charge is 2.20. The van der Waals surface area contributed by atoms with Gasteiger partial charge in [-0.25, -0.2) is 4.68 Å². The lowest BCUT2D eigenvalue weighted by Gasteiger charge is -2.34. The number of hydrogen-bond acceptors (Lipinski definition) is 4. The molecule has 0 bridgehead atoms. The van der Waals surface area contributed by atoms with E-state index < -0.39 is 0 Å². The van der Waals surface area contributed by atoms with Crippen LogP contribution in [0, 0.1) is 0 Å². The molecule has 19 heavy (non-hydrogen) atoms. The van der Waals surface area contributed by atoms with Crippen LogP contribution in [0.2, 0.25) is 0 Å². The van der Waals surface area contributed by atoms with Crippen LogP contribution >= 0.6 is 0 Å². The fourth-order valence-electron chi connectivity index (χ4n) is 2.22. The molecule has 0 unspecified atom stereocenters. The van der Waals surface area contributed by atoms with Crippen LogP contribution in [0.3, 0.4) is 0 Å². The van der Waals surface area contributed by atoms with E-state index in [0.717, 1.165) is 38.4 Å². The largest absolute Gasteiger partial charge is 0.362 e. The summed E-state index contributed by atoms with van der Waals surface area (Å²) in [7, 11) is 1.66. The van der Waals surface area contributed by atoms with Crippen molar-refractivity contribution in [2.45, 2.75) is 13.3 Å². The van der Waals surface area contributed by atoms with E-state index in [1.54, 1.807) is 13.3 Å². The molecule has 1 aromatic rings. The Labute approximate surface area is 113 Å². The molecule has 0 spiro atoms. The molecule has 0 saturated carbocycles. The first-order valence-electron chi connectivity index (χ1n) is 6.38. The van der Waals surface area contributed by atoms with Crippen molar-refractivity contribution in [3.63, 3.8) is 0 Å². The third-order valence-electron chi connectivity index (χ3n) is 3.30. The Morgan fingerprint density at radius 3 is 2.84 bits per heavy atom. The molecule has 1 amide bonds. The van der Waals surface area contributed by atoms with E-state index in [9.17, 15) is 4.79 Å². The first-order chi connectivity index (χ1) is 9.24. The fourth-order valence-corrected chi connectivity index (χ4v) is 2.22. The highest BCUT2D eigenvalue weighted by Crippen LogP contribution is 2.09. The molecule has 1 fully saturated rings. The zero-order chi connectivity index (χ0) is 13.7. The van der Waals surface area contributed by atoms with Crippen molar-refractivity contribution in [2.75, 3.05) is 33.3 Å². The number of hydrogen-bond donors (Lipinski definition) is 0. The molecule has 0 N–H and O–H groups in total. The van der Waals surface area contributed by atoms with Crippen LogP contribution in [-0.2, 0) is 22.8 Å². The maximum Gasteiger partial charge on any atom is 0.246 e. The van der Waals surface area contributed by atoms with Gasteiger partial charge in [-0.2, -0.15) is 5.10 Å². The molecule has 1 aromatic heterocycles. The molecule has 0 radical (unpaired) electrons. The van der Waals surface area contributed by atoms with Gasteiger partial charge in [-0.05, 0) is 12.1 Å². The highest BCUT2D eigenvalue weighted by molar-refractivity contribution is 5.87. The van der Waals surface area contributed by atoms with E-state index in [-0.39, 0.29) is 5.91 Å². The minimum atomic E-state index is 0.0177. The number of ether oxygens (including phenoxy) is 1. The maximum absolute atomic E-state index is 11.5. The van der Waals surface area contributed by atoms with Crippen LogP contribution in [0.4, 0.5) is 0 Å². The number of carbonyl (C=O) groups is 1. The van der Waals surface area contributed by atoms with Gasteiger partial charge in [0.15, 0.2) is 0 Å². The average molecular weight is 264 g/mol. The fraction of sp³-hybridized carbons (Fsp3) is 0.538. The van der Waals surface area contributed by atoms with E-state index in [1.165, 1.54) is 6.08 Å². The van der Waals surface area contributed by atoms with Gasteiger partial charge in [-0.3, -0.25) is 9.69 Å². The van der Waals surface area contributed by atoms with E-state index in [1.807, 2.05) is 15.6 Å². The van der Waals surface area contributed by atoms with Crippen LogP contribution in [0.1, 0.15) is 5.69 Å². The molecule has 1 aliphatic heterocycles. The van der Waals surface area contributed by atoms with Gasteiger partial charge in [0, 0.05) is 46.0 Å². The Morgan fingerprint density at radius 2 is 2.21 bits per heavy atom. The van der Waals surface area contributed by atoms with E-state index in [0.29, 0.717) is 6.73 Å². The SMILES string of the molecule is C=CC(=O)N1CCN(Cc2ccnn2COC)CC1. The van der Waals surface area contributed by atoms with Crippen LogP contribution in [-0.4, -0.2) is 58.8 Å². The van der Waals surface area contributed by atoms with Gasteiger partial charge in [-0.15, -0.1) is 0 Å². The number of aromatic nitrogens is 2. The summed E-state index contributed by atoms with van der Waals surface area (Å²) in [5.41, 5.74) is 1.13. The summed E-state index contributed by atoms with van der Waals surface area (Å²) in [5.74, 6) is 0.0177. The van der Waals surface area contributed by atoms with Crippen LogP contribution < -0.4 is 0 Å². The second kappa shape index (κ2) is 6.49. The van der Waals surface area contributed by atoms with Crippen LogP contribution in [0.5, 0.6) is 0 Å². The molecule has 0 aromatic carbocycles. The summed E-state index contributed by atoms with van der Waals surface area (Å²) in [6.45, 7) is 8.07. The summed E-state index contributed by atoms with van der Waals surface area (Å²) in [6, 6.07) is 2.00. The molecule has 6 nitrogen and oxygen atoms in total. The molecule has 6 heteroatoms. The lowest BCUT2D eigenvalue weighted by molar-refractivity contribution is -0.127. The average Bonchev–Trinajstić information content (AvgIpc) is 2.86. The van der Waals surface area contributed by atoms with Gasteiger partial charge in [-0.1, -0.05) is 6.58 Å². The van der Waals surface area contributed by atoms with E-state index >= 15 is 0 Å². The number of piperazine rings is 1. The zero-order valence-corrected chi connectivity index (χ0v) is 11.3. The number of methoxy groups -OCH3 is 1. The van der Waals surface area contributed by atoms with Crippen molar-refractivity contribution < 1.29 is 9.53 Å². The lowest BCUT2D eigenvalue weighted by Crippen LogP contribution is -2.47. The van der Waals surface area contributed by atoms with Gasteiger partial charge >= 0.3 is 0 Å². The van der Waals surface area contributed by atoms with E-state index in [2.05, 4.69) is 16.6 Å². The van der Waals surface area contributed by atoms with Crippen molar-refractivity contribution in [2.24, 2.45) is 0 Å². The maximum atomic E-state index is 11.5. The molecule has 1 aliphatic rings. The third kappa shape index (κ3) is 3.42. The van der Waals surface area contributed by atoms with Gasteiger partial charge in [0.25, 0.3) is 0 Å². The molecule has 2 rings (SSSR count). The molecule has 2 heterocycles. The van der Waals surface area contributed by atoms with Crippen molar-refractivity contribution in [3.8, 4) is 0 Å². The predicted octanol–water partition coefficient (Wildman–Crippen LogP) is 0.317. The quantitative estimate of drug-likeness (QED) is 0.719. The number of carbonyl (C=O) groups excluding carboxylic acids is 1. The van der Waals surface area contributed by atoms with Crippen LogP contribution in [0.15, 0.2) is 24.9 Å². The standard InChI is InChI=1S/C13H20N4O2/c1-3-13(18)16-8-6-15(7-9-16)10-12-4-5-14-17(12)11-19-2/h3-5H,1,6-11H2,2H3. The highest BCUT2D eigenvalue weighted by atomic mass is 16.5. The Kier molecular flexibility index (Phi) is 4.70. The number of rotatable bonds is 5. The Bertz CT molecular complexity index is 436. The van der Waals surface area contributed by atoms with Gasteiger partial charge in [0.05, 0.1) is 5.69 Å². The summed E-state index contributed by atoms with van der Waals surface area (Å²) in [5, 5.41) is 4.22. The summed E-state index contributed by atoms with van der Waals surface area (Å²) in [4.78, 5) is 15.6. The summed E-state index contributed by atoms with van der Waals surface area (Å²) in [6.07, 6.45) is 3.16. The monoisotopic (exact) mass is 264 g/mol. The number of nitrogens with zero attached hydrogens (tertiary/aromatic N) is 4. The Morgan fingerprint density at radius 1 is 1.47 bits per heavy atom. The molecular weight excluding hydrogens is 244 g/mol. The van der Waals surface area contributed by atoms with Crippen molar-refractivity contribution in [1.29, 1.82) is 0 Å². The number of amides is 1. The topological polar surface area (TPSA) is 50.6 Å². The molecule has 104 valence electrons. The normalized spacial score (nSPS) is 16.6. The zero-order valence-electron chi connectivity index (χ0n) is 11.3. The second-order valence-corrected chi connectivity index (χ2v) is 4.55. The van der Waals surface area contributed by atoms with Crippen molar-refractivity contribution >= 4 is 5.91 Å².